The van der Waals surface area contributed by atoms with Gasteiger partial charge < -0.3 is 10.5 Å². The normalized spacial score (nSPS) is 11.8. The third kappa shape index (κ3) is 4.59. The minimum absolute atomic E-state index is 0.220. The standard InChI is InChI=1S/C13H19BrClNO/c1-3-13(16,4-2)9-17-8-10-5-6-11(14)7-12(10)15/h5-7H,3-4,8-9,16H2,1-2H3. The zero-order valence-electron chi connectivity index (χ0n) is 10.3. The van der Waals surface area contributed by atoms with Crippen molar-refractivity contribution in [2.45, 2.75) is 38.8 Å². The Balaban J connectivity index is 2.51. The number of benzene rings is 1. The van der Waals surface area contributed by atoms with Crippen LogP contribution in [0, 0.1) is 0 Å². The molecule has 0 aliphatic heterocycles. The largest absolute Gasteiger partial charge is 0.375 e. The summed E-state index contributed by atoms with van der Waals surface area (Å²) in [7, 11) is 0. The highest BCUT2D eigenvalue weighted by Gasteiger charge is 2.20. The van der Waals surface area contributed by atoms with Crippen LogP contribution in [-0.2, 0) is 11.3 Å². The minimum Gasteiger partial charge on any atom is -0.375 e. The Kier molecular flexibility index (Phi) is 5.93. The number of hydrogen-bond donors (Lipinski definition) is 1. The lowest BCUT2D eigenvalue weighted by atomic mass is 9.96. The maximum absolute atomic E-state index is 6.16. The topological polar surface area (TPSA) is 35.2 Å². The summed E-state index contributed by atoms with van der Waals surface area (Å²) in [5.74, 6) is 0. The van der Waals surface area contributed by atoms with Gasteiger partial charge in [-0.25, -0.2) is 0 Å². The molecule has 0 atom stereocenters. The van der Waals surface area contributed by atoms with E-state index in [9.17, 15) is 0 Å². The van der Waals surface area contributed by atoms with Gasteiger partial charge in [-0.05, 0) is 30.5 Å². The zero-order chi connectivity index (χ0) is 12.9. The van der Waals surface area contributed by atoms with Gasteiger partial charge in [0.2, 0.25) is 0 Å². The summed E-state index contributed by atoms with van der Waals surface area (Å²) < 4.78 is 6.64. The molecule has 0 spiro atoms. The Hall–Kier alpha value is -0.0900. The summed E-state index contributed by atoms with van der Waals surface area (Å²) in [5.41, 5.74) is 6.93. The molecule has 0 aromatic heterocycles. The lowest BCUT2D eigenvalue weighted by molar-refractivity contribution is 0.0696. The highest BCUT2D eigenvalue weighted by molar-refractivity contribution is 9.10. The quantitative estimate of drug-likeness (QED) is 0.855. The van der Waals surface area contributed by atoms with Crippen molar-refractivity contribution in [3.8, 4) is 0 Å². The average molecular weight is 321 g/mol. The van der Waals surface area contributed by atoms with Crippen LogP contribution < -0.4 is 5.73 Å². The fourth-order valence-corrected chi connectivity index (χ4v) is 2.19. The third-order valence-electron chi connectivity index (χ3n) is 3.07. The summed E-state index contributed by atoms with van der Waals surface area (Å²) in [5, 5.41) is 0.718. The summed E-state index contributed by atoms with van der Waals surface area (Å²) in [6, 6.07) is 5.79. The first-order chi connectivity index (χ1) is 8.00. The molecule has 0 amide bonds. The first kappa shape index (κ1) is 15.0. The van der Waals surface area contributed by atoms with Crippen LogP contribution in [0.4, 0.5) is 0 Å². The van der Waals surface area contributed by atoms with Crippen LogP contribution in [0.3, 0.4) is 0 Å². The average Bonchev–Trinajstić information content (AvgIpc) is 2.32. The van der Waals surface area contributed by atoms with Crippen LogP contribution in [0.15, 0.2) is 22.7 Å². The van der Waals surface area contributed by atoms with Crippen molar-refractivity contribution in [1.29, 1.82) is 0 Å². The molecular weight excluding hydrogens is 302 g/mol. The Morgan fingerprint density at radius 1 is 1.35 bits per heavy atom. The van der Waals surface area contributed by atoms with E-state index in [0.717, 1.165) is 27.9 Å². The molecule has 2 nitrogen and oxygen atoms in total. The summed E-state index contributed by atoms with van der Waals surface area (Å²) in [6.45, 7) is 5.23. The molecule has 1 rings (SSSR count). The lowest BCUT2D eigenvalue weighted by Crippen LogP contribution is -2.43. The predicted molar refractivity (Wildman–Crippen MR) is 76.3 cm³/mol. The van der Waals surface area contributed by atoms with Gasteiger partial charge in [0.15, 0.2) is 0 Å². The van der Waals surface area contributed by atoms with Crippen molar-refractivity contribution in [2.75, 3.05) is 6.61 Å². The third-order valence-corrected chi connectivity index (χ3v) is 3.92. The van der Waals surface area contributed by atoms with E-state index in [1.165, 1.54) is 0 Å². The summed E-state index contributed by atoms with van der Waals surface area (Å²) >= 11 is 9.48. The van der Waals surface area contributed by atoms with Crippen molar-refractivity contribution in [3.63, 3.8) is 0 Å². The fraction of sp³-hybridized carbons (Fsp3) is 0.538. The first-order valence-electron chi connectivity index (χ1n) is 5.81. The molecule has 17 heavy (non-hydrogen) atoms. The van der Waals surface area contributed by atoms with E-state index in [4.69, 9.17) is 22.1 Å². The number of ether oxygens (including phenoxy) is 1. The van der Waals surface area contributed by atoms with Gasteiger partial charge >= 0.3 is 0 Å². The molecule has 0 saturated heterocycles. The lowest BCUT2D eigenvalue weighted by Gasteiger charge is -2.26. The van der Waals surface area contributed by atoms with Crippen molar-refractivity contribution in [1.82, 2.24) is 0 Å². The maximum atomic E-state index is 6.16. The Morgan fingerprint density at radius 2 is 2.00 bits per heavy atom. The molecule has 0 bridgehead atoms. The zero-order valence-corrected chi connectivity index (χ0v) is 12.6. The molecule has 0 unspecified atom stereocenters. The minimum atomic E-state index is -0.220. The second kappa shape index (κ2) is 6.74. The number of rotatable bonds is 6. The van der Waals surface area contributed by atoms with E-state index in [1.54, 1.807) is 0 Å². The monoisotopic (exact) mass is 319 g/mol. The van der Waals surface area contributed by atoms with Crippen molar-refractivity contribution < 1.29 is 4.74 Å². The van der Waals surface area contributed by atoms with Crippen LogP contribution >= 0.6 is 27.5 Å². The molecule has 1 aromatic rings. The van der Waals surface area contributed by atoms with Gasteiger partial charge in [0, 0.05) is 15.0 Å². The van der Waals surface area contributed by atoms with Gasteiger partial charge in [0.25, 0.3) is 0 Å². The SMILES string of the molecule is CCC(N)(CC)COCc1ccc(Br)cc1Cl. The van der Waals surface area contributed by atoms with Gasteiger partial charge in [0.1, 0.15) is 0 Å². The number of hydrogen-bond acceptors (Lipinski definition) is 2. The Morgan fingerprint density at radius 3 is 2.53 bits per heavy atom. The Labute approximate surface area is 117 Å². The van der Waals surface area contributed by atoms with Crippen molar-refractivity contribution >= 4 is 27.5 Å². The van der Waals surface area contributed by atoms with Crippen LogP contribution in [0.2, 0.25) is 5.02 Å². The van der Waals surface area contributed by atoms with Crippen LogP contribution in [0.25, 0.3) is 0 Å². The summed E-state index contributed by atoms with van der Waals surface area (Å²) in [6.07, 6.45) is 1.83. The van der Waals surface area contributed by atoms with Gasteiger partial charge in [-0.2, -0.15) is 0 Å². The maximum Gasteiger partial charge on any atom is 0.0732 e. The predicted octanol–water partition coefficient (Wildman–Crippen LogP) is 4.14. The smallest absolute Gasteiger partial charge is 0.0732 e. The molecule has 1 aromatic carbocycles. The van der Waals surface area contributed by atoms with E-state index in [0.29, 0.717) is 13.2 Å². The van der Waals surface area contributed by atoms with Gasteiger partial charge in [0.05, 0.1) is 13.2 Å². The van der Waals surface area contributed by atoms with Crippen LogP contribution in [0.5, 0.6) is 0 Å². The van der Waals surface area contributed by atoms with Crippen LogP contribution in [-0.4, -0.2) is 12.1 Å². The number of halogens is 2. The van der Waals surface area contributed by atoms with Crippen LogP contribution in [0.1, 0.15) is 32.3 Å². The van der Waals surface area contributed by atoms with E-state index in [-0.39, 0.29) is 5.54 Å². The molecule has 0 aliphatic carbocycles. The molecule has 0 saturated carbocycles. The number of nitrogens with two attached hydrogens (primary N) is 1. The van der Waals surface area contributed by atoms with Gasteiger partial charge in [-0.15, -0.1) is 0 Å². The summed E-state index contributed by atoms with van der Waals surface area (Å²) in [4.78, 5) is 0. The molecule has 2 N–H and O–H groups in total. The van der Waals surface area contributed by atoms with Gasteiger partial charge in [-0.1, -0.05) is 47.4 Å². The van der Waals surface area contributed by atoms with Gasteiger partial charge in [-0.3, -0.25) is 0 Å². The highest BCUT2D eigenvalue weighted by atomic mass is 79.9. The van der Waals surface area contributed by atoms with E-state index < -0.39 is 0 Å². The second-order valence-corrected chi connectivity index (χ2v) is 5.62. The molecule has 0 heterocycles. The van der Waals surface area contributed by atoms with Crippen molar-refractivity contribution in [3.05, 3.63) is 33.3 Å². The first-order valence-corrected chi connectivity index (χ1v) is 6.98. The fourth-order valence-electron chi connectivity index (χ4n) is 1.46. The van der Waals surface area contributed by atoms with E-state index in [2.05, 4.69) is 29.8 Å². The molecule has 0 radical (unpaired) electrons. The molecule has 0 fully saturated rings. The van der Waals surface area contributed by atoms with E-state index >= 15 is 0 Å². The van der Waals surface area contributed by atoms with Crippen molar-refractivity contribution in [2.24, 2.45) is 5.73 Å². The molecular formula is C13H19BrClNO. The second-order valence-electron chi connectivity index (χ2n) is 4.30. The Bertz CT molecular complexity index is 366. The molecule has 0 aliphatic rings. The van der Waals surface area contributed by atoms with E-state index in [1.807, 2.05) is 18.2 Å². The molecule has 4 heteroatoms. The molecule has 96 valence electrons. The highest BCUT2D eigenvalue weighted by Crippen LogP contribution is 2.22.